The molecule has 9 heteroatoms. The third-order valence-electron chi connectivity index (χ3n) is 12.6. The van der Waals surface area contributed by atoms with Crippen molar-refractivity contribution < 1.29 is 24.3 Å². The number of carbonyl (C=O) groups excluding carboxylic acids is 4. The van der Waals surface area contributed by atoms with Gasteiger partial charge in [0.25, 0.3) is 23.6 Å². The first-order chi connectivity index (χ1) is 29.7. The summed E-state index contributed by atoms with van der Waals surface area (Å²) in [6.07, 6.45) is 1.26. The zero-order chi connectivity index (χ0) is 45.8. The fourth-order valence-corrected chi connectivity index (χ4v) is 9.55. The van der Waals surface area contributed by atoms with Gasteiger partial charge in [0.05, 0.1) is 0 Å². The van der Waals surface area contributed by atoms with Crippen molar-refractivity contribution in [1.82, 2.24) is 0 Å². The number of nitrogens with zero attached hydrogens (tertiary/aromatic N) is 4. The Morgan fingerprint density at radius 2 is 0.857 bits per heavy atom. The molecule has 322 valence electrons. The maximum absolute atomic E-state index is 14.3. The molecule has 0 spiro atoms. The highest BCUT2D eigenvalue weighted by molar-refractivity contribution is 6.13. The molecule has 63 heavy (non-hydrogen) atoms. The molecule has 0 saturated carbocycles. The van der Waals surface area contributed by atoms with Crippen LogP contribution in [0.15, 0.2) is 91.0 Å². The molecular formula is C54H56N4O5. The van der Waals surface area contributed by atoms with E-state index in [9.17, 15) is 24.3 Å². The molecule has 6 aromatic carbocycles. The smallest absolute Gasteiger partial charge is 0.258 e. The van der Waals surface area contributed by atoms with E-state index in [4.69, 9.17) is 0 Å². The van der Waals surface area contributed by atoms with Gasteiger partial charge >= 0.3 is 0 Å². The Balaban J connectivity index is 1.32. The number of hydrogen-bond acceptors (Lipinski definition) is 5. The van der Waals surface area contributed by atoms with E-state index in [0.717, 1.165) is 78.3 Å². The minimum atomic E-state index is -0.357. The molecule has 0 fully saturated rings. The fourth-order valence-electron chi connectivity index (χ4n) is 9.55. The van der Waals surface area contributed by atoms with E-state index in [1.54, 1.807) is 72.1 Å². The van der Waals surface area contributed by atoms with Crippen LogP contribution >= 0.6 is 0 Å². The van der Waals surface area contributed by atoms with Gasteiger partial charge in [-0.15, -0.1) is 0 Å². The highest BCUT2D eigenvalue weighted by Gasteiger charge is 2.26. The van der Waals surface area contributed by atoms with Gasteiger partial charge in [0.15, 0.2) is 0 Å². The Labute approximate surface area is 371 Å². The molecule has 0 saturated heterocycles. The van der Waals surface area contributed by atoms with Crippen molar-refractivity contribution in [1.29, 1.82) is 0 Å². The lowest BCUT2D eigenvalue weighted by molar-refractivity contribution is 0.0977. The van der Waals surface area contributed by atoms with E-state index in [-0.39, 0.29) is 40.5 Å². The van der Waals surface area contributed by atoms with Gasteiger partial charge in [-0.25, -0.2) is 0 Å². The van der Waals surface area contributed by atoms with Crippen LogP contribution in [0.1, 0.15) is 108 Å². The summed E-state index contributed by atoms with van der Waals surface area (Å²) in [7, 11) is 6.96. The standard InChI is InChI=1S/C54H56N4O5/c1-30-24-48-32(3)23-41(30)26-38-16-17-47(31(2)18-38)55(9)53(62)45-14-13-15-46(37(45)8)54(63)58(12)50-35(6)21-40(22-36(50)7)25-39-19-33(4)49(34(5)20-39)57(11)52(61)43-27-42(28-44(59)29-43)51(60)56(48)10/h13-24,27-29,59H,25-26H2,1-12H3. The zero-order valence-corrected chi connectivity index (χ0v) is 38.4. The number of rotatable bonds is 0. The van der Waals surface area contributed by atoms with Crippen molar-refractivity contribution in [2.45, 2.75) is 68.2 Å². The van der Waals surface area contributed by atoms with Gasteiger partial charge in [0.2, 0.25) is 0 Å². The zero-order valence-electron chi connectivity index (χ0n) is 38.4. The highest BCUT2D eigenvalue weighted by atomic mass is 16.3. The quantitative estimate of drug-likeness (QED) is 0.164. The summed E-state index contributed by atoms with van der Waals surface area (Å²) >= 11 is 0. The van der Waals surface area contributed by atoms with E-state index in [0.29, 0.717) is 35.2 Å². The van der Waals surface area contributed by atoms with Gasteiger partial charge < -0.3 is 24.7 Å². The van der Waals surface area contributed by atoms with Crippen LogP contribution in [0.3, 0.4) is 0 Å². The molecular weight excluding hydrogens is 785 g/mol. The number of benzene rings is 6. The predicted octanol–water partition coefficient (Wildman–Crippen LogP) is 10.5. The van der Waals surface area contributed by atoms with Gasteiger partial charge in [-0.2, -0.15) is 0 Å². The van der Waals surface area contributed by atoms with Crippen LogP contribution in [0.25, 0.3) is 0 Å². The first kappa shape index (κ1) is 44.1. The summed E-state index contributed by atoms with van der Waals surface area (Å²) in [6, 6.07) is 28.2. The Bertz CT molecular complexity index is 2850. The summed E-state index contributed by atoms with van der Waals surface area (Å²) in [5, 5.41) is 10.8. The van der Waals surface area contributed by atoms with Crippen LogP contribution in [0.5, 0.6) is 5.75 Å². The fraction of sp³-hybridized carbons (Fsp3) is 0.259. The van der Waals surface area contributed by atoms with Gasteiger partial charge in [-0.3, -0.25) is 19.2 Å². The summed E-state index contributed by atoms with van der Waals surface area (Å²) in [5.74, 6) is -1.29. The molecule has 6 aromatic rings. The van der Waals surface area contributed by atoms with E-state index in [2.05, 4.69) is 36.4 Å². The van der Waals surface area contributed by atoms with Crippen LogP contribution in [-0.2, 0) is 12.8 Å². The largest absolute Gasteiger partial charge is 0.508 e. The molecule has 16 rings (SSSR count). The first-order valence-electron chi connectivity index (χ1n) is 21.2. The molecule has 0 aromatic heterocycles. The number of phenolic OH excluding ortho intramolecular Hbond substituents is 1. The lowest BCUT2D eigenvalue weighted by Gasteiger charge is -2.25. The molecule has 4 amide bonds. The molecule has 0 aliphatic carbocycles. The Hall–Kier alpha value is -7.00. The van der Waals surface area contributed by atoms with Crippen molar-refractivity contribution in [2.75, 3.05) is 47.8 Å². The van der Waals surface area contributed by atoms with Crippen LogP contribution in [-0.4, -0.2) is 56.9 Å². The summed E-state index contributed by atoms with van der Waals surface area (Å²) in [4.78, 5) is 63.1. The third-order valence-corrected chi connectivity index (χ3v) is 12.6. The average molecular weight is 841 g/mol. The van der Waals surface area contributed by atoms with Crippen molar-refractivity contribution in [3.8, 4) is 5.75 Å². The van der Waals surface area contributed by atoms with Crippen LogP contribution in [0.4, 0.5) is 22.7 Å². The Morgan fingerprint density at radius 3 is 1.38 bits per heavy atom. The number of anilines is 4. The third kappa shape index (κ3) is 8.35. The molecule has 0 atom stereocenters. The second-order valence-electron chi connectivity index (χ2n) is 17.4. The highest BCUT2D eigenvalue weighted by Crippen LogP contribution is 2.34. The Morgan fingerprint density at radius 1 is 0.413 bits per heavy atom. The molecule has 0 unspecified atom stereocenters. The molecule has 10 aliphatic heterocycles. The summed E-state index contributed by atoms with van der Waals surface area (Å²) < 4.78 is 0. The predicted molar refractivity (Wildman–Crippen MR) is 255 cm³/mol. The average Bonchev–Trinajstić information content (AvgIpc) is 3.22. The van der Waals surface area contributed by atoms with Gasteiger partial charge in [-0.1, -0.05) is 48.5 Å². The van der Waals surface area contributed by atoms with Crippen molar-refractivity contribution in [2.24, 2.45) is 0 Å². The van der Waals surface area contributed by atoms with Crippen LogP contribution in [0.2, 0.25) is 0 Å². The number of aryl methyl sites for hydroxylation is 7. The van der Waals surface area contributed by atoms with E-state index in [1.165, 1.54) is 12.1 Å². The molecule has 1 N–H and O–H groups in total. The SMILES string of the molecule is Cc1cc2c(C)cc1Cc1ccc(c(C)c1)N(C)C(=O)c1cccc(c1C)C(=O)N(C)c1c(C)cc(cc1C)Cc1cc(C)c(c(C)c1)N(C)C(=O)c1cc(O)cc(c1)C(=O)N2C. The summed E-state index contributed by atoms with van der Waals surface area (Å²) in [6.45, 7) is 15.8. The normalized spacial score (nSPS) is 14.0. The van der Waals surface area contributed by atoms with Crippen molar-refractivity contribution in [3.05, 3.63) is 180 Å². The van der Waals surface area contributed by atoms with Gasteiger partial charge in [0, 0.05) is 73.2 Å². The van der Waals surface area contributed by atoms with E-state index >= 15 is 0 Å². The second-order valence-corrected chi connectivity index (χ2v) is 17.4. The minimum Gasteiger partial charge on any atom is -0.508 e. The summed E-state index contributed by atoms with van der Waals surface area (Å²) in [5.41, 5.74) is 15.8. The lowest BCUT2D eigenvalue weighted by atomic mass is 9.94. The van der Waals surface area contributed by atoms with Gasteiger partial charge in [0.1, 0.15) is 5.75 Å². The number of amides is 4. The molecule has 10 aliphatic rings. The van der Waals surface area contributed by atoms with E-state index in [1.807, 2.05) is 73.6 Å². The first-order valence-corrected chi connectivity index (χ1v) is 21.2. The Kier molecular flexibility index (Phi) is 11.9. The maximum atomic E-state index is 14.3. The van der Waals surface area contributed by atoms with Crippen LogP contribution in [0, 0.1) is 55.4 Å². The second kappa shape index (κ2) is 17.0. The van der Waals surface area contributed by atoms with E-state index < -0.39 is 0 Å². The van der Waals surface area contributed by atoms with Crippen LogP contribution < -0.4 is 19.6 Å². The van der Waals surface area contributed by atoms with Crippen molar-refractivity contribution in [3.63, 3.8) is 0 Å². The number of carbonyl (C=O) groups is 4. The van der Waals surface area contributed by atoms with Gasteiger partial charge in [-0.05, 0) is 177 Å². The lowest BCUT2D eigenvalue weighted by Crippen LogP contribution is -2.31. The maximum Gasteiger partial charge on any atom is 0.258 e. The topological polar surface area (TPSA) is 101 Å². The minimum absolute atomic E-state index is 0.178. The number of phenols is 1. The molecule has 12 bridgehead atoms. The molecule has 0 radical (unpaired) electrons. The van der Waals surface area contributed by atoms with Crippen molar-refractivity contribution >= 4 is 46.4 Å². The number of hydrogen-bond donors (Lipinski definition) is 1. The number of aromatic hydroxyl groups is 1. The molecule has 10 heterocycles. The monoisotopic (exact) mass is 840 g/mol. The molecule has 9 nitrogen and oxygen atoms in total.